The van der Waals surface area contributed by atoms with Crippen LogP contribution in [-0.2, 0) is 15.7 Å². The number of hydrogen-bond acceptors (Lipinski definition) is 4. The summed E-state index contributed by atoms with van der Waals surface area (Å²) in [6, 6.07) is 5.36. The average molecular weight is 412 g/mol. The quantitative estimate of drug-likeness (QED) is 0.425. The van der Waals surface area contributed by atoms with Gasteiger partial charge in [-0.05, 0) is 30.3 Å². The minimum absolute atomic E-state index is 0.0208. The summed E-state index contributed by atoms with van der Waals surface area (Å²) in [5, 5.41) is 4.41. The maximum atomic E-state index is 14.2. The lowest BCUT2D eigenvalue weighted by atomic mass is 10.1. The summed E-state index contributed by atoms with van der Waals surface area (Å²) in [7, 11) is 2.38. The third-order valence-corrected chi connectivity index (χ3v) is 3.66. The van der Waals surface area contributed by atoms with E-state index in [0.717, 1.165) is 31.4 Å². The topological polar surface area (TPSA) is 76.7 Å². The molecule has 10 heteroatoms. The second-order valence-electron chi connectivity index (χ2n) is 5.55. The first-order chi connectivity index (χ1) is 13.7. The molecule has 0 heterocycles. The van der Waals surface area contributed by atoms with Gasteiger partial charge in [0.25, 0.3) is 0 Å². The number of carbonyl (C=O) groups excluding carboxylic acids is 2. The number of anilines is 2. The second kappa shape index (κ2) is 9.09. The van der Waals surface area contributed by atoms with Gasteiger partial charge in [0.15, 0.2) is 0 Å². The van der Waals surface area contributed by atoms with Crippen LogP contribution in [0.5, 0.6) is 5.75 Å². The van der Waals surface area contributed by atoms with E-state index in [0.29, 0.717) is 6.07 Å². The van der Waals surface area contributed by atoms with Crippen molar-refractivity contribution in [3.8, 4) is 5.75 Å². The maximum Gasteiger partial charge on any atom is 0.416 e. The number of ether oxygens (including phenoxy) is 2. The van der Waals surface area contributed by atoms with Crippen LogP contribution < -0.4 is 15.4 Å². The molecule has 0 unspecified atom stereocenters. The molecule has 0 radical (unpaired) electrons. The van der Waals surface area contributed by atoms with Gasteiger partial charge in [-0.1, -0.05) is 12.1 Å². The second-order valence-corrected chi connectivity index (χ2v) is 5.55. The number of alkyl halides is 3. The molecule has 0 saturated carbocycles. The Kier molecular flexibility index (Phi) is 6.81. The van der Waals surface area contributed by atoms with Gasteiger partial charge in [0.1, 0.15) is 11.6 Å². The molecule has 6 nitrogen and oxygen atoms in total. The minimum Gasteiger partial charge on any atom is -0.495 e. The van der Waals surface area contributed by atoms with Crippen molar-refractivity contribution in [3.05, 3.63) is 59.4 Å². The monoisotopic (exact) mass is 412 g/mol. The van der Waals surface area contributed by atoms with Gasteiger partial charge in [-0.3, -0.25) is 0 Å². The van der Waals surface area contributed by atoms with Crippen LogP contribution in [0.25, 0.3) is 6.08 Å². The molecule has 0 saturated heterocycles. The molecular formula is C19H16F4N2O4. The summed E-state index contributed by atoms with van der Waals surface area (Å²) in [5.74, 6) is -1.53. The van der Waals surface area contributed by atoms with Crippen molar-refractivity contribution in [1.82, 2.24) is 0 Å². The molecule has 2 amide bonds. The molecule has 29 heavy (non-hydrogen) atoms. The number of methoxy groups -OCH3 is 2. The Hall–Kier alpha value is -3.56. The minimum atomic E-state index is -4.63. The zero-order chi connectivity index (χ0) is 21.6. The van der Waals surface area contributed by atoms with Gasteiger partial charge in [0.05, 0.1) is 31.2 Å². The number of rotatable bonds is 5. The molecule has 0 aromatic heterocycles. The van der Waals surface area contributed by atoms with Crippen molar-refractivity contribution in [2.75, 3.05) is 24.9 Å². The molecule has 0 atom stereocenters. The first-order valence-corrected chi connectivity index (χ1v) is 8.03. The fraction of sp³-hybridized carbons (Fsp3) is 0.158. The normalized spacial score (nSPS) is 11.2. The number of nitrogens with one attached hydrogen (secondary N) is 2. The Labute approximate surface area is 163 Å². The summed E-state index contributed by atoms with van der Waals surface area (Å²) in [6.07, 6.45) is -2.39. The van der Waals surface area contributed by atoms with E-state index in [-0.39, 0.29) is 22.7 Å². The number of esters is 1. The van der Waals surface area contributed by atoms with Gasteiger partial charge in [-0.25, -0.2) is 14.0 Å². The summed E-state index contributed by atoms with van der Waals surface area (Å²) in [6.45, 7) is 0. The number of halogens is 4. The molecular weight excluding hydrogens is 396 g/mol. The highest BCUT2D eigenvalue weighted by Gasteiger charge is 2.31. The predicted molar refractivity (Wildman–Crippen MR) is 98.1 cm³/mol. The van der Waals surface area contributed by atoms with E-state index in [1.54, 1.807) is 0 Å². The first kappa shape index (κ1) is 21.7. The van der Waals surface area contributed by atoms with Crippen molar-refractivity contribution < 1.29 is 36.6 Å². The largest absolute Gasteiger partial charge is 0.495 e. The molecule has 0 fully saturated rings. The zero-order valence-corrected chi connectivity index (χ0v) is 15.3. The van der Waals surface area contributed by atoms with Gasteiger partial charge in [0.2, 0.25) is 0 Å². The summed E-state index contributed by atoms with van der Waals surface area (Å²) in [5.41, 5.74) is -1.40. The van der Waals surface area contributed by atoms with Crippen LogP contribution in [0.4, 0.5) is 33.7 Å². The first-order valence-electron chi connectivity index (χ1n) is 8.03. The van der Waals surface area contributed by atoms with E-state index < -0.39 is 29.6 Å². The third-order valence-electron chi connectivity index (χ3n) is 3.66. The van der Waals surface area contributed by atoms with Crippen LogP contribution in [0.15, 0.2) is 42.5 Å². The van der Waals surface area contributed by atoms with Crippen LogP contribution in [0, 0.1) is 5.82 Å². The Bertz CT molecular complexity index is 942. The lowest BCUT2D eigenvalue weighted by molar-refractivity contribution is -0.137. The van der Waals surface area contributed by atoms with E-state index >= 15 is 0 Å². The number of para-hydroxylation sites is 1. The number of amides is 2. The van der Waals surface area contributed by atoms with Gasteiger partial charge >= 0.3 is 18.2 Å². The maximum absolute atomic E-state index is 14.2. The molecule has 2 N–H and O–H groups in total. The molecule has 0 aliphatic carbocycles. The van der Waals surface area contributed by atoms with Crippen LogP contribution in [0.1, 0.15) is 11.1 Å². The van der Waals surface area contributed by atoms with Crippen molar-refractivity contribution >= 4 is 29.5 Å². The van der Waals surface area contributed by atoms with Gasteiger partial charge < -0.3 is 20.1 Å². The molecule has 0 spiro atoms. The molecule has 154 valence electrons. The van der Waals surface area contributed by atoms with E-state index in [1.807, 2.05) is 0 Å². The van der Waals surface area contributed by atoms with Crippen molar-refractivity contribution in [3.63, 3.8) is 0 Å². The van der Waals surface area contributed by atoms with E-state index in [4.69, 9.17) is 4.74 Å². The fourth-order valence-electron chi connectivity index (χ4n) is 2.29. The predicted octanol–water partition coefficient (Wildman–Crippen LogP) is 4.68. The smallest absolute Gasteiger partial charge is 0.416 e. The van der Waals surface area contributed by atoms with Crippen LogP contribution >= 0.6 is 0 Å². The summed E-state index contributed by atoms with van der Waals surface area (Å²) >= 11 is 0. The summed E-state index contributed by atoms with van der Waals surface area (Å²) < 4.78 is 62.3. The molecule has 0 aliphatic rings. The van der Waals surface area contributed by atoms with E-state index in [1.165, 1.54) is 25.3 Å². The lowest BCUT2D eigenvalue weighted by Crippen LogP contribution is -2.21. The Morgan fingerprint density at radius 3 is 2.41 bits per heavy atom. The van der Waals surface area contributed by atoms with E-state index in [9.17, 15) is 27.2 Å². The summed E-state index contributed by atoms with van der Waals surface area (Å²) in [4.78, 5) is 23.5. The molecule has 2 aromatic carbocycles. The number of hydrogen-bond donors (Lipinski definition) is 2. The Morgan fingerprint density at radius 1 is 1.07 bits per heavy atom. The fourth-order valence-corrected chi connectivity index (χ4v) is 2.29. The zero-order valence-electron chi connectivity index (χ0n) is 15.3. The average Bonchev–Trinajstić information content (AvgIpc) is 2.67. The van der Waals surface area contributed by atoms with E-state index in [2.05, 4.69) is 15.4 Å². The number of carbonyl (C=O) groups is 2. The van der Waals surface area contributed by atoms with Gasteiger partial charge in [-0.2, -0.15) is 13.2 Å². The lowest BCUT2D eigenvalue weighted by Gasteiger charge is -2.15. The molecule has 2 rings (SSSR count). The molecule has 0 aliphatic heterocycles. The van der Waals surface area contributed by atoms with Gasteiger partial charge in [-0.15, -0.1) is 0 Å². The van der Waals surface area contributed by atoms with Crippen LogP contribution in [0.3, 0.4) is 0 Å². The van der Waals surface area contributed by atoms with Gasteiger partial charge in [0, 0.05) is 11.6 Å². The molecule has 2 aromatic rings. The van der Waals surface area contributed by atoms with Crippen molar-refractivity contribution in [2.45, 2.75) is 6.18 Å². The highest BCUT2D eigenvalue weighted by molar-refractivity contribution is 6.02. The van der Waals surface area contributed by atoms with Crippen molar-refractivity contribution in [2.24, 2.45) is 0 Å². The number of urea groups is 1. The van der Waals surface area contributed by atoms with Crippen LogP contribution in [-0.4, -0.2) is 26.2 Å². The standard InChI is InChI=1S/C19H16F4N2O4/c1-28-15-8-7-12(19(21,22)23)10-14(15)24-18(27)25-17-11(4-3-5-13(17)20)6-9-16(26)29-2/h3-10H,1-2H3,(H2,24,25,27)/b9-6+. The van der Waals surface area contributed by atoms with Crippen molar-refractivity contribution in [1.29, 1.82) is 0 Å². The molecule has 0 bridgehead atoms. The Morgan fingerprint density at radius 2 is 1.79 bits per heavy atom. The third kappa shape index (κ3) is 5.71. The Balaban J connectivity index is 2.28. The highest BCUT2D eigenvalue weighted by Crippen LogP contribution is 2.35. The highest BCUT2D eigenvalue weighted by atomic mass is 19.4. The van der Waals surface area contributed by atoms with Crippen LogP contribution in [0.2, 0.25) is 0 Å². The SMILES string of the molecule is COC(=O)/C=C/c1cccc(F)c1NC(=O)Nc1cc(C(F)(F)F)ccc1OC. The number of benzene rings is 2.